The highest BCUT2D eigenvalue weighted by atomic mass is 19.1. The van der Waals surface area contributed by atoms with Crippen molar-refractivity contribution in [3.8, 4) is 17.3 Å². The highest BCUT2D eigenvalue weighted by Gasteiger charge is 2.09. The van der Waals surface area contributed by atoms with Crippen molar-refractivity contribution in [1.82, 2.24) is 15.0 Å². The molecule has 4 nitrogen and oxygen atoms in total. The third kappa shape index (κ3) is 1.90. The van der Waals surface area contributed by atoms with Crippen LogP contribution in [0.25, 0.3) is 11.4 Å². The van der Waals surface area contributed by atoms with E-state index in [4.69, 9.17) is 4.74 Å². The number of pyridine rings is 1. The molecule has 5 heteroatoms. The Bertz CT molecular complexity index is 476. The monoisotopic (exact) mass is 205 g/mol. The van der Waals surface area contributed by atoms with Gasteiger partial charge in [-0.15, -0.1) is 0 Å². The lowest BCUT2D eigenvalue weighted by molar-refractivity contribution is 0.399. The van der Waals surface area contributed by atoms with Crippen molar-refractivity contribution in [2.75, 3.05) is 7.11 Å². The summed E-state index contributed by atoms with van der Waals surface area (Å²) in [5.74, 6) is 0.0638. The van der Waals surface area contributed by atoms with Gasteiger partial charge in [-0.25, -0.2) is 9.97 Å². The van der Waals surface area contributed by atoms with Crippen LogP contribution in [0.3, 0.4) is 0 Å². The van der Waals surface area contributed by atoms with Crippen molar-refractivity contribution >= 4 is 0 Å². The molecule has 0 spiro atoms. The number of ether oxygens (including phenoxy) is 1. The molecule has 0 aliphatic rings. The van der Waals surface area contributed by atoms with Gasteiger partial charge in [0.05, 0.1) is 12.7 Å². The maximum absolute atomic E-state index is 12.9. The second-order valence-electron chi connectivity index (χ2n) is 2.76. The summed E-state index contributed by atoms with van der Waals surface area (Å²) in [5, 5.41) is 0. The molecule has 15 heavy (non-hydrogen) atoms. The van der Waals surface area contributed by atoms with Crippen molar-refractivity contribution in [3.63, 3.8) is 0 Å². The normalized spacial score (nSPS) is 10.0. The summed E-state index contributed by atoms with van der Waals surface area (Å²) < 4.78 is 17.9. The molecule has 0 atom stereocenters. The van der Waals surface area contributed by atoms with Crippen LogP contribution in [0.15, 0.2) is 30.6 Å². The Kier molecular flexibility index (Phi) is 2.53. The number of nitrogens with zero attached hydrogens (tertiary/aromatic N) is 3. The van der Waals surface area contributed by atoms with E-state index < -0.39 is 5.95 Å². The molecule has 2 aromatic heterocycles. The minimum atomic E-state index is -0.578. The number of halogens is 1. The third-order valence-electron chi connectivity index (χ3n) is 1.83. The first-order chi connectivity index (χ1) is 7.31. The standard InChI is InChI=1S/C10H8FN3O/c1-15-10-7(3-2-5-13-10)9-12-6-4-8(11)14-9/h2-6H,1H3. The molecule has 0 unspecified atom stereocenters. The maximum Gasteiger partial charge on any atom is 0.224 e. The molecule has 2 heterocycles. The Morgan fingerprint density at radius 3 is 2.80 bits per heavy atom. The lowest BCUT2D eigenvalue weighted by Crippen LogP contribution is -1.96. The van der Waals surface area contributed by atoms with Crippen LogP contribution in [0, 0.1) is 5.95 Å². The van der Waals surface area contributed by atoms with Crippen LogP contribution in [0.5, 0.6) is 5.88 Å². The second-order valence-corrected chi connectivity index (χ2v) is 2.76. The van der Waals surface area contributed by atoms with E-state index in [0.29, 0.717) is 11.4 Å². The second kappa shape index (κ2) is 4.00. The molecular weight excluding hydrogens is 197 g/mol. The number of aromatic nitrogens is 3. The average Bonchev–Trinajstić information content (AvgIpc) is 2.29. The molecule has 0 aromatic carbocycles. The molecule has 0 saturated carbocycles. The number of hydrogen-bond acceptors (Lipinski definition) is 4. The topological polar surface area (TPSA) is 47.9 Å². The number of methoxy groups -OCH3 is 1. The zero-order valence-corrected chi connectivity index (χ0v) is 8.01. The van der Waals surface area contributed by atoms with Crippen molar-refractivity contribution in [2.24, 2.45) is 0 Å². The van der Waals surface area contributed by atoms with E-state index in [1.54, 1.807) is 18.3 Å². The van der Waals surface area contributed by atoms with Crippen LogP contribution in [-0.2, 0) is 0 Å². The Morgan fingerprint density at radius 2 is 2.07 bits per heavy atom. The highest BCUT2D eigenvalue weighted by Crippen LogP contribution is 2.23. The summed E-state index contributed by atoms with van der Waals surface area (Å²) in [5.41, 5.74) is 0.569. The minimum Gasteiger partial charge on any atom is -0.480 e. The highest BCUT2D eigenvalue weighted by molar-refractivity contribution is 5.60. The molecule has 0 aliphatic heterocycles. The van der Waals surface area contributed by atoms with Gasteiger partial charge >= 0.3 is 0 Å². The summed E-state index contributed by atoms with van der Waals surface area (Å²) in [7, 11) is 1.49. The lowest BCUT2D eigenvalue weighted by atomic mass is 10.2. The van der Waals surface area contributed by atoms with Gasteiger partial charge in [0.1, 0.15) is 0 Å². The summed E-state index contributed by atoms with van der Waals surface area (Å²) >= 11 is 0. The Hall–Kier alpha value is -2.04. The average molecular weight is 205 g/mol. The minimum absolute atomic E-state index is 0.264. The maximum atomic E-state index is 12.9. The molecule has 76 valence electrons. The Morgan fingerprint density at radius 1 is 1.20 bits per heavy atom. The molecule has 2 aromatic rings. The van der Waals surface area contributed by atoms with Crippen LogP contribution in [0.4, 0.5) is 4.39 Å². The fourth-order valence-corrected chi connectivity index (χ4v) is 1.19. The first-order valence-corrected chi connectivity index (χ1v) is 4.29. The van der Waals surface area contributed by atoms with Crippen molar-refractivity contribution in [1.29, 1.82) is 0 Å². The van der Waals surface area contributed by atoms with Gasteiger partial charge in [-0.2, -0.15) is 9.37 Å². The van der Waals surface area contributed by atoms with Gasteiger partial charge in [-0.1, -0.05) is 0 Å². The molecular formula is C10H8FN3O. The molecule has 0 bridgehead atoms. The van der Waals surface area contributed by atoms with Gasteiger partial charge in [-0.05, 0) is 12.1 Å². The summed E-state index contributed by atoms with van der Waals surface area (Å²) in [6.07, 6.45) is 2.94. The quantitative estimate of drug-likeness (QED) is 0.700. The molecule has 0 saturated heterocycles. The van der Waals surface area contributed by atoms with E-state index in [1.807, 2.05) is 0 Å². The van der Waals surface area contributed by atoms with E-state index in [9.17, 15) is 4.39 Å². The molecule has 0 fully saturated rings. The van der Waals surface area contributed by atoms with Gasteiger partial charge in [0.15, 0.2) is 5.82 Å². The molecule has 2 rings (SSSR count). The molecule has 0 N–H and O–H groups in total. The fourth-order valence-electron chi connectivity index (χ4n) is 1.19. The molecule has 0 aliphatic carbocycles. The van der Waals surface area contributed by atoms with Crippen LogP contribution in [0.1, 0.15) is 0 Å². The largest absolute Gasteiger partial charge is 0.480 e. The van der Waals surface area contributed by atoms with Crippen LogP contribution in [-0.4, -0.2) is 22.1 Å². The van der Waals surface area contributed by atoms with Crippen molar-refractivity contribution in [2.45, 2.75) is 0 Å². The molecule has 0 radical (unpaired) electrons. The van der Waals surface area contributed by atoms with Gasteiger partial charge in [0, 0.05) is 18.5 Å². The lowest BCUT2D eigenvalue weighted by Gasteiger charge is -2.04. The zero-order valence-electron chi connectivity index (χ0n) is 8.01. The van der Waals surface area contributed by atoms with Crippen LogP contribution < -0.4 is 4.74 Å². The van der Waals surface area contributed by atoms with Crippen molar-refractivity contribution < 1.29 is 9.13 Å². The Balaban J connectivity index is 2.53. The number of rotatable bonds is 2. The third-order valence-corrected chi connectivity index (χ3v) is 1.83. The van der Waals surface area contributed by atoms with E-state index in [1.165, 1.54) is 19.4 Å². The van der Waals surface area contributed by atoms with Gasteiger partial charge in [0.25, 0.3) is 0 Å². The van der Waals surface area contributed by atoms with Crippen molar-refractivity contribution in [3.05, 3.63) is 36.5 Å². The van der Waals surface area contributed by atoms with Crippen LogP contribution >= 0.6 is 0 Å². The van der Waals surface area contributed by atoms with E-state index in [2.05, 4.69) is 15.0 Å². The smallest absolute Gasteiger partial charge is 0.224 e. The summed E-state index contributed by atoms with van der Waals surface area (Å²) in [6, 6.07) is 4.62. The first-order valence-electron chi connectivity index (χ1n) is 4.29. The number of hydrogen-bond donors (Lipinski definition) is 0. The predicted molar refractivity (Wildman–Crippen MR) is 51.8 cm³/mol. The van der Waals surface area contributed by atoms with E-state index in [-0.39, 0.29) is 5.82 Å². The summed E-state index contributed by atoms with van der Waals surface area (Å²) in [4.78, 5) is 11.6. The molecule has 0 amide bonds. The summed E-state index contributed by atoms with van der Waals surface area (Å²) in [6.45, 7) is 0. The fraction of sp³-hybridized carbons (Fsp3) is 0.100. The Labute approximate surface area is 85.8 Å². The van der Waals surface area contributed by atoms with E-state index in [0.717, 1.165) is 0 Å². The zero-order chi connectivity index (χ0) is 10.7. The van der Waals surface area contributed by atoms with Gasteiger partial charge in [-0.3, -0.25) is 0 Å². The van der Waals surface area contributed by atoms with Gasteiger partial charge in [0.2, 0.25) is 11.8 Å². The first kappa shape index (κ1) is 9.51. The van der Waals surface area contributed by atoms with Gasteiger partial charge < -0.3 is 4.74 Å². The van der Waals surface area contributed by atoms with E-state index >= 15 is 0 Å². The SMILES string of the molecule is COc1ncccc1-c1nccc(F)n1. The van der Waals surface area contributed by atoms with Crippen LogP contribution in [0.2, 0.25) is 0 Å². The predicted octanol–water partition coefficient (Wildman–Crippen LogP) is 1.69.